The van der Waals surface area contributed by atoms with E-state index in [1.165, 1.54) is 18.3 Å². The predicted octanol–water partition coefficient (Wildman–Crippen LogP) is 4.50. The predicted molar refractivity (Wildman–Crippen MR) is 76.6 cm³/mol. The van der Waals surface area contributed by atoms with Crippen LogP contribution in [0.4, 0.5) is 18.9 Å². The van der Waals surface area contributed by atoms with Gasteiger partial charge in [0.15, 0.2) is 0 Å². The second-order valence-electron chi connectivity index (χ2n) is 4.72. The number of hydrogen-bond donors (Lipinski definition) is 1. The van der Waals surface area contributed by atoms with Crippen LogP contribution in [-0.4, -0.2) is 4.98 Å². The van der Waals surface area contributed by atoms with Gasteiger partial charge in [0.25, 0.3) is 0 Å². The summed E-state index contributed by atoms with van der Waals surface area (Å²) in [6.45, 7) is 0. The van der Waals surface area contributed by atoms with Gasteiger partial charge >= 0.3 is 6.18 Å². The summed E-state index contributed by atoms with van der Waals surface area (Å²) in [6.07, 6.45) is -2.95. The van der Waals surface area contributed by atoms with E-state index in [9.17, 15) is 13.2 Å². The van der Waals surface area contributed by atoms with Crippen molar-refractivity contribution in [2.75, 3.05) is 5.73 Å². The third-order valence-corrected chi connectivity index (χ3v) is 3.25. The highest BCUT2D eigenvalue weighted by molar-refractivity contribution is 5.86. The van der Waals surface area contributed by atoms with Crippen LogP contribution in [0, 0.1) is 0 Å². The maximum absolute atomic E-state index is 13.1. The first kappa shape index (κ1) is 13.4. The number of halogens is 3. The van der Waals surface area contributed by atoms with Gasteiger partial charge in [0, 0.05) is 22.8 Å². The minimum Gasteiger partial charge on any atom is -0.399 e. The van der Waals surface area contributed by atoms with Crippen molar-refractivity contribution in [3.63, 3.8) is 0 Å². The van der Waals surface area contributed by atoms with E-state index in [0.717, 1.165) is 6.07 Å². The van der Waals surface area contributed by atoms with E-state index < -0.39 is 11.7 Å². The van der Waals surface area contributed by atoms with Gasteiger partial charge < -0.3 is 5.73 Å². The van der Waals surface area contributed by atoms with E-state index >= 15 is 0 Å². The Bertz CT molecular complexity index is 810. The average molecular weight is 288 g/mol. The minimum atomic E-state index is -4.40. The summed E-state index contributed by atoms with van der Waals surface area (Å²) in [5.74, 6) is 0. The molecule has 0 fully saturated rings. The first-order valence-corrected chi connectivity index (χ1v) is 6.27. The molecule has 0 aliphatic carbocycles. The highest BCUT2D eigenvalue weighted by Crippen LogP contribution is 2.37. The fourth-order valence-electron chi connectivity index (χ4n) is 2.28. The van der Waals surface area contributed by atoms with Gasteiger partial charge in [-0.2, -0.15) is 13.2 Å². The van der Waals surface area contributed by atoms with Crippen LogP contribution in [0.2, 0.25) is 0 Å². The zero-order valence-corrected chi connectivity index (χ0v) is 10.9. The van der Waals surface area contributed by atoms with Gasteiger partial charge in [-0.3, -0.25) is 4.98 Å². The molecule has 106 valence electrons. The van der Waals surface area contributed by atoms with Crippen LogP contribution in [-0.2, 0) is 6.18 Å². The first-order chi connectivity index (χ1) is 9.95. The van der Waals surface area contributed by atoms with Crippen molar-refractivity contribution in [2.24, 2.45) is 0 Å². The Kier molecular flexibility index (Phi) is 3.05. The van der Waals surface area contributed by atoms with E-state index in [1.54, 1.807) is 30.3 Å². The van der Waals surface area contributed by atoms with E-state index in [1.807, 2.05) is 0 Å². The van der Waals surface area contributed by atoms with Gasteiger partial charge in [0.2, 0.25) is 0 Å². The second kappa shape index (κ2) is 4.77. The Morgan fingerprint density at radius 3 is 2.48 bits per heavy atom. The molecule has 1 heterocycles. The molecular formula is C16H11F3N2. The Morgan fingerprint density at radius 2 is 1.71 bits per heavy atom. The Morgan fingerprint density at radius 1 is 0.952 bits per heavy atom. The molecule has 0 bridgehead atoms. The standard InChI is InChI=1S/C16H11F3N2/c17-16(18,19)14-4-2-1-3-13(14)11-7-10-8-12(20)5-6-15(10)21-9-11/h1-9H,20H2. The summed E-state index contributed by atoms with van der Waals surface area (Å²) in [5, 5.41) is 0.712. The van der Waals surface area contributed by atoms with Crippen LogP contribution < -0.4 is 5.73 Å². The molecule has 0 unspecified atom stereocenters. The molecule has 0 saturated carbocycles. The zero-order chi connectivity index (χ0) is 15.0. The van der Waals surface area contributed by atoms with Gasteiger partial charge in [0.1, 0.15) is 0 Å². The van der Waals surface area contributed by atoms with E-state index in [0.29, 0.717) is 22.2 Å². The minimum absolute atomic E-state index is 0.113. The largest absolute Gasteiger partial charge is 0.417 e. The van der Waals surface area contributed by atoms with Crippen molar-refractivity contribution in [1.82, 2.24) is 4.98 Å². The molecule has 0 radical (unpaired) electrons. The second-order valence-corrected chi connectivity index (χ2v) is 4.72. The Hall–Kier alpha value is -2.56. The summed E-state index contributed by atoms with van der Waals surface area (Å²) in [5.41, 5.74) is 6.80. The average Bonchev–Trinajstić information content (AvgIpc) is 2.45. The van der Waals surface area contributed by atoms with Crippen molar-refractivity contribution in [2.45, 2.75) is 6.18 Å². The lowest BCUT2D eigenvalue weighted by molar-refractivity contribution is -0.137. The van der Waals surface area contributed by atoms with Gasteiger partial charge in [-0.05, 0) is 35.9 Å². The van der Waals surface area contributed by atoms with Gasteiger partial charge in [-0.1, -0.05) is 18.2 Å². The van der Waals surface area contributed by atoms with Crippen molar-refractivity contribution < 1.29 is 13.2 Å². The molecule has 3 rings (SSSR count). The fourth-order valence-corrected chi connectivity index (χ4v) is 2.28. The van der Waals surface area contributed by atoms with Crippen LogP contribution in [0.25, 0.3) is 22.0 Å². The van der Waals surface area contributed by atoms with Crippen molar-refractivity contribution >= 4 is 16.6 Å². The van der Waals surface area contributed by atoms with Crippen LogP contribution in [0.3, 0.4) is 0 Å². The molecule has 2 aromatic carbocycles. The van der Waals surface area contributed by atoms with E-state index in [2.05, 4.69) is 4.98 Å². The molecule has 0 amide bonds. The van der Waals surface area contributed by atoms with E-state index in [4.69, 9.17) is 5.73 Å². The SMILES string of the molecule is Nc1ccc2ncc(-c3ccccc3C(F)(F)F)cc2c1. The number of nitrogens with zero attached hydrogens (tertiary/aromatic N) is 1. The highest BCUT2D eigenvalue weighted by Gasteiger charge is 2.33. The van der Waals surface area contributed by atoms with E-state index in [-0.39, 0.29) is 5.56 Å². The summed E-state index contributed by atoms with van der Waals surface area (Å²) >= 11 is 0. The smallest absolute Gasteiger partial charge is 0.399 e. The molecule has 0 aliphatic rings. The number of benzene rings is 2. The maximum atomic E-state index is 13.1. The quantitative estimate of drug-likeness (QED) is 0.669. The van der Waals surface area contributed by atoms with Crippen LogP contribution in [0.5, 0.6) is 0 Å². The number of nitrogen functional groups attached to an aromatic ring is 1. The Labute approximate surface area is 119 Å². The molecule has 1 aromatic heterocycles. The topological polar surface area (TPSA) is 38.9 Å². The number of fused-ring (bicyclic) bond motifs is 1. The highest BCUT2D eigenvalue weighted by atomic mass is 19.4. The van der Waals surface area contributed by atoms with Crippen molar-refractivity contribution in [3.8, 4) is 11.1 Å². The van der Waals surface area contributed by atoms with Crippen LogP contribution in [0.15, 0.2) is 54.7 Å². The van der Waals surface area contributed by atoms with Gasteiger partial charge in [-0.15, -0.1) is 0 Å². The van der Waals surface area contributed by atoms with Crippen LogP contribution >= 0.6 is 0 Å². The summed E-state index contributed by atoms with van der Waals surface area (Å²) in [7, 11) is 0. The number of pyridine rings is 1. The molecule has 5 heteroatoms. The first-order valence-electron chi connectivity index (χ1n) is 6.27. The molecule has 0 atom stereocenters. The summed E-state index contributed by atoms with van der Waals surface area (Å²) in [6, 6.07) is 12.3. The fraction of sp³-hybridized carbons (Fsp3) is 0.0625. The lowest BCUT2D eigenvalue weighted by atomic mass is 9.99. The lowest BCUT2D eigenvalue weighted by Gasteiger charge is -2.13. The third kappa shape index (κ3) is 2.54. The van der Waals surface area contributed by atoms with Gasteiger partial charge in [0.05, 0.1) is 11.1 Å². The molecule has 2 N–H and O–H groups in total. The maximum Gasteiger partial charge on any atom is 0.417 e. The molecule has 3 aromatic rings. The number of alkyl halides is 3. The monoisotopic (exact) mass is 288 g/mol. The number of nitrogens with two attached hydrogens (primary N) is 1. The van der Waals surface area contributed by atoms with Crippen molar-refractivity contribution in [3.05, 3.63) is 60.3 Å². The van der Waals surface area contributed by atoms with Crippen LogP contribution in [0.1, 0.15) is 5.56 Å². The number of aromatic nitrogens is 1. The molecule has 0 saturated heterocycles. The normalized spacial score (nSPS) is 11.8. The Balaban J connectivity index is 2.21. The molecular weight excluding hydrogens is 277 g/mol. The number of hydrogen-bond acceptors (Lipinski definition) is 2. The molecule has 2 nitrogen and oxygen atoms in total. The van der Waals surface area contributed by atoms with Gasteiger partial charge in [-0.25, -0.2) is 0 Å². The molecule has 0 spiro atoms. The summed E-state index contributed by atoms with van der Waals surface area (Å²) in [4.78, 5) is 4.20. The number of rotatable bonds is 1. The summed E-state index contributed by atoms with van der Waals surface area (Å²) < 4.78 is 39.2. The third-order valence-electron chi connectivity index (χ3n) is 3.25. The van der Waals surface area contributed by atoms with Crippen molar-refractivity contribution in [1.29, 1.82) is 0 Å². The molecule has 0 aliphatic heterocycles. The zero-order valence-electron chi connectivity index (χ0n) is 10.9. The molecule has 21 heavy (non-hydrogen) atoms. The lowest BCUT2D eigenvalue weighted by Crippen LogP contribution is -2.06. The number of anilines is 1.